The number of nitrogens with one attached hydrogen (secondary N) is 2. The van der Waals surface area contributed by atoms with Crippen molar-refractivity contribution in [2.45, 2.75) is 11.1 Å². The lowest BCUT2D eigenvalue weighted by Gasteiger charge is -2.24. The molecule has 1 aliphatic heterocycles. The average molecular weight is 213 g/mol. The maximum Gasteiger partial charge on any atom is 0.255 e. The molecule has 12 heavy (non-hydrogen) atoms. The van der Waals surface area contributed by atoms with Crippen LogP contribution in [0, 0.1) is 0 Å². The quantitative estimate of drug-likeness (QED) is 0.627. The van der Waals surface area contributed by atoms with E-state index in [1.165, 1.54) is 0 Å². The van der Waals surface area contributed by atoms with Crippen molar-refractivity contribution >= 4 is 29.1 Å². The van der Waals surface area contributed by atoms with Crippen LogP contribution in [0.15, 0.2) is 0 Å². The van der Waals surface area contributed by atoms with Gasteiger partial charge in [-0.05, 0) is 0 Å². The van der Waals surface area contributed by atoms with Gasteiger partial charge in [-0.1, -0.05) is 23.2 Å². The third-order valence-corrected chi connectivity index (χ3v) is 1.83. The highest BCUT2D eigenvalue weighted by Gasteiger charge is 2.19. The van der Waals surface area contributed by atoms with Gasteiger partial charge in [0, 0.05) is 13.1 Å². The molecule has 1 unspecified atom stereocenters. The van der Waals surface area contributed by atoms with E-state index in [2.05, 4.69) is 10.6 Å². The second-order valence-corrected chi connectivity index (χ2v) is 3.47. The molecule has 1 heterocycles. The zero-order valence-electron chi connectivity index (χ0n) is 6.35. The highest BCUT2D eigenvalue weighted by Crippen LogP contribution is 2.02. The van der Waals surface area contributed by atoms with Crippen LogP contribution in [0.5, 0.6) is 0 Å². The monoisotopic (exact) mass is 212 g/mol. The largest absolute Gasteiger partial charge is 0.356 e. The van der Waals surface area contributed by atoms with Gasteiger partial charge >= 0.3 is 0 Å². The van der Waals surface area contributed by atoms with E-state index in [1.807, 2.05) is 0 Å². The van der Waals surface area contributed by atoms with Gasteiger partial charge < -0.3 is 15.4 Å². The summed E-state index contributed by atoms with van der Waals surface area (Å²) >= 11 is 10.6. The van der Waals surface area contributed by atoms with E-state index in [0.29, 0.717) is 13.2 Å². The van der Waals surface area contributed by atoms with Crippen LogP contribution >= 0.6 is 23.2 Å². The van der Waals surface area contributed by atoms with Crippen molar-refractivity contribution in [3.05, 3.63) is 0 Å². The molecule has 1 saturated heterocycles. The molecule has 0 aromatic rings. The fraction of sp³-hybridized carbons (Fsp3) is 0.833. The summed E-state index contributed by atoms with van der Waals surface area (Å²) in [5.41, 5.74) is 0. The normalized spacial score (nSPS) is 24.1. The van der Waals surface area contributed by atoms with E-state index in [9.17, 15) is 4.79 Å². The van der Waals surface area contributed by atoms with Gasteiger partial charge in [0.25, 0.3) is 5.91 Å². The van der Waals surface area contributed by atoms with Gasteiger partial charge in [-0.15, -0.1) is 0 Å². The average Bonchev–Trinajstić information content (AvgIpc) is 2.06. The Morgan fingerprint density at radius 3 is 2.92 bits per heavy atom. The minimum atomic E-state index is -1.03. The summed E-state index contributed by atoms with van der Waals surface area (Å²) in [6.45, 7) is 1.98. The smallest absolute Gasteiger partial charge is 0.255 e. The lowest BCUT2D eigenvalue weighted by Crippen LogP contribution is -2.50. The Bertz CT molecular complexity index is 160. The first-order valence-electron chi connectivity index (χ1n) is 3.61. The Hall–Kier alpha value is -0.0300. The van der Waals surface area contributed by atoms with Crippen LogP contribution in [0.25, 0.3) is 0 Å². The van der Waals surface area contributed by atoms with Crippen molar-refractivity contribution < 1.29 is 9.53 Å². The maximum atomic E-state index is 10.9. The topological polar surface area (TPSA) is 50.4 Å². The SMILES string of the molecule is O=C(NC1CNCCO1)C(Cl)Cl. The van der Waals surface area contributed by atoms with Gasteiger partial charge in [0.1, 0.15) is 6.23 Å². The van der Waals surface area contributed by atoms with Crippen molar-refractivity contribution in [1.82, 2.24) is 10.6 Å². The first kappa shape index (κ1) is 10.1. The molecule has 6 heteroatoms. The lowest BCUT2D eigenvalue weighted by molar-refractivity contribution is -0.124. The van der Waals surface area contributed by atoms with Crippen LogP contribution in [0.2, 0.25) is 0 Å². The highest BCUT2D eigenvalue weighted by molar-refractivity contribution is 6.53. The van der Waals surface area contributed by atoms with Crippen LogP contribution in [-0.4, -0.2) is 36.7 Å². The standard InChI is InChI=1S/C6H10Cl2N2O2/c7-5(8)6(11)10-4-3-9-1-2-12-4/h4-5,9H,1-3H2,(H,10,11). The Morgan fingerprint density at radius 1 is 1.67 bits per heavy atom. The van der Waals surface area contributed by atoms with Crippen LogP contribution in [-0.2, 0) is 9.53 Å². The number of carbonyl (C=O) groups excluding carboxylic acids is 1. The first-order valence-corrected chi connectivity index (χ1v) is 4.48. The zero-order chi connectivity index (χ0) is 8.97. The second kappa shape index (κ2) is 4.87. The molecule has 0 aromatic heterocycles. The van der Waals surface area contributed by atoms with Crippen molar-refractivity contribution in [2.75, 3.05) is 19.7 Å². The van der Waals surface area contributed by atoms with Gasteiger partial charge in [0.15, 0.2) is 4.84 Å². The molecule has 0 saturated carbocycles. The number of hydrogen-bond acceptors (Lipinski definition) is 3. The maximum absolute atomic E-state index is 10.9. The lowest BCUT2D eigenvalue weighted by atomic mass is 10.4. The number of ether oxygens (including phenoxy) is 1. The molecule has 0 aliphatic carbocycles. The van der Waals surface area contributed by atoms with Crippen LogP contribution in [0.4, 0.5) is 0 Å². The predicted molar refractivity (Wildman–Crippen MR) is 46.2 cm³/mol. The molecule has 0 aromatic carbocycles. The molecule has 1 aliphatic rings. The summed E-state index contributed by atoms with van der Waals surface area (Å²) in [6.07, 6.45) is -0.314. The van der Waals surface area contributed by atoms with Crippen molar-refractivity contribution in [3.8, 4) is 0 Å². The van der Waals surface area contributed by atoms with Crippen LogP contribution in [0.3, 0.4) is 0 Å². The van der Waals surface area contributed by atoms with Gasteiger partial charge in [0.2, 0.25) is 0 Å². The van der Waals surface area contributed by atoms with Crippen molar-refractivity contribution in [1.29, 1.82) is 0 Å². The number of rotatable bonds is 2. The summed E-state index contributed by atoms with van der Waals surface area (Å²) in [6, 6.07) is 0. The fourth-order valence-electron chi connectivity index (χ4n) is 0.880. The van der Waals surface area contributed by atoms with E-state index in [0.717, 1.165) is 6.54 Å². The van der Waals surface area contributed by atoms with E-state index in [4.69, 9.17) is 27.9 Å². The molecule has 4 nitrogen and oxygen atoms in total. The highest BCUT2D eigenvalue weighted by atomic mass is 35.5. The molecule has 0 radical (unpaired) electrons. The van der Waals surface area contributed by atoms with E-state index >= 15 is 0 Å². The first-order chi connectivity index (χ1) is 5.70. The number of alkyl halides is 2. The van der Waals surface area contributed by atoms with E-state index in [1.54, 1.807) is 0 Å². The Kier molecular flexibility index (Phi) is 4.08. The molecule has 1 rings (SSSR count). The minimum absolute atomic E-state index is 0.314. The zero-order valence-corrected chi connectivity index (χ0v) is 7.86. The van der Waals surface area contributed by atoms with Crippen LogP contribution in [0.1, 0.15) is 0 Å². The summed E-state index contributed by atoms with van der Waals surface area (Å²) in [7, 11) is 0. The molecule has 1 atom stereocenters. The number of halogens is 2. The summed E-state index contributed by atoms with van der Waals surface area (Å²) in [5.74, 6) is -0.424. The van der Waals surface area contributed by atoms with Gasteiger partial charge in [0.05, 0.1) is 6.61 Å². The van der Waals surface area contributed by atoms with Gasteiger partial charge in [-0.2, -0.15) is 0 Å². The fourth-order valence-corrected chi connectivity index (χ4v) is 1.01. The molecule has 70 valence electrons. The van der Waals surface area contributed by atoms with E-state index in [-0.39, 0.29) is 6.23 Å². The van der Waals surface area contributed by atoms with Gasteiger partial charge in [-0.25, -0.2) is 0 Å². The summed E-state index contributed by atoms with van der Waals surface area (Å²) in [5, 5.41) is 5.58. The molecular weight excluding hydrogens is 203 g/mol. The van der Waals surface area contributed by atoms with E-state index < -0.39 is 10.7 Å². The minimum Gasteiger partial charge on any atom is -0.356 e. The molecule has 0 spiro atoms. The molecule has 0 bridgehead atoms. The molecule has 1 fully saturated rings. The summed E-state index contributed by atoms with van der Waals surface area (Å²) < 4.78 is 5.19. The Labute approximate surface area is 80.5 Å². The number of hydrogen-bond donors (Lipinski definition) is 2. The third kappa shape index (κ3) is 3.15. The molecular formula is C6H10Cl2N2O2. The number of carbonyl (C=O) groups is 1. The number of morpholine rings is 1. The molecule has 2 N–H and O–H groups in total. The van der Waals surface area contributed by atoms with Crippen LogP contribution < -0.4 is 10.6 Å². The predicted octanol–water partition coefficient (Wildman–Crippen LogP) is -0.148. The second-order valence-electron chi connectivity index (χ2n) is 2.37. The Balaban J connectivity index is 2.24. The Morgan fingerprint density at radius 2 is 2.42 bits per heavy atom. The third-order valence-electron chi connectivity index (χ3n) is 1.43. The van der Waals surface area contributed by atoms with Crippen molar-refractivity contribution in [2.24, 2.45) is 0 Å². The van der Waals surface area contributed by atoms with Crippen molar-refractivity contribution in [3.63, 3.8) is 0 Å². The number of amides is 1. The van der Waals surface area contributed by atoms with Gasteiger partial charge in [-0.3, -0.25) is 4.79 Å². The summed E-state index contributed by atoms with van der Waals surface area (Å²) in [4.78, 5) is 9.90. The molecule has 1 amide bonds.